The number of nitrogens with zero attached hydrogens (tertiary/aromatic N) is 5. The first kappa shape index (κ1) is 12.9. The van der Waals surface area contributed by atoms with Crippen molar-refractivity contribution in [2.24, 2.45) is 0 Å². The number of aromatic nitrogens is 5. The van der Waals surface area contributed by atoms with Gasteiger partial charge in [0.25, 0.3) is 0 Å². The second-order valence-electron chi connectivity index (χ2n) is 4.58. The summed E-state index contributed by atoms with van der Waals surface area (Å²) in [5.74, 6) is 1.08. The molecule has 5 nitrogen and oxygen atoms in total. The number of halogens is 1. The van der Waals surface area contributed by atoms with Gasteiger partial charge in [-0.25, -0.2) is 9.97 Å². The highest BCUT2D eigenvalue weighted by atomic mass is 35.5. The molecule has 0 saturated carbocycles. The summed E-state index contributed by atoms with van der Waals surface area (Å²) >= 11 is 7.38. The minimum absolute atomic E-state index is 0.276. The van der Waals surface area contributed by atoms with Gasteiger partial charge in [-0.1, -0.05) is 6.42 Å². The highest BCUT2D eigenvalue weighted by Gasteiger charge is 2.16. The van der Waals surface area contributed by atoms with Gasteiger partial charge in [-0.05, 0) is 49.2 Å². The van der Waals surface area contributed by atoms with Gasteiger partial charge in [-0.2, -0.15) is 0 Å². The molecule has 1 aliphatic heterocycles. The zero-order valence-electron chi connectivity index (χ0n) is 10.6. The van der Waals surface area contributed by atoms with Crippen molar-refractivity contribution in [1.82, 2.24) is 24.7 Å². The van der Waals surface area contributed by atoms with Crippen molar-refractivity contribution in [2.45, 2.75) is 49.3 Å². The molecule has 0 saturated heterocycles. The van der Waals surface area contributed by atoms with Crippen LogP contribution in [-0.4, -0.2) is 24.7 Å². The Balaban J connectivity index is 1.89. The molecule has 0 bridgehead atoms. The Morgan fingerprint density at radius 2 is 2.11 bits per heavy atom. The second-order valence-corrected chi connectivity index (χ2v) is 5.91. The van der Waals surface area contributed by atoms with E-state index in [1.165, 1.54) is 31.0 Å². The predicted molar refractivity (Wildman–Crippen MR) is 73.5 cm³/mol. The first-order valence-electron chi connectivity index (χ1n) is 6.33. The first-order valence-corrected chi connectivity index (χ1v) is 7.53. The number of hydrogen-bond acceptors (Lipinski definition) is 5. The minimum Gasteiger partial charge on any atom is -0.306 e. The molecule has 0 fully saturated rings. The fraction of sp³-hybridized carbons (Fsp3) is 0.500. The van der Waals surface area contributed by atoms with Gasteiger partial charge in [-0.15, -0.1) is 10.2 Å². The van der Waals surface area contributed by atoms with E-state index in [0.717, 1.165) is 34.7 Å². The fourth-order valence-corrected chi connectivity index (χ4v) is 3.40. The molecule has 3 rings (SSSR count). The fourth-order valence-electron chi connectivity index (χ4n) is 2.18. The third-order valence-corrected chi connectivity index (χ3v) is 4.15. The van der Waals surface area contributed by atoms with Crippen LogP contribution in [0.4, 0.5) is 0 Å². The highest BCUT2D eigenvalue weighted by Crippen LogP contribution is 2.28. The van der Waals surface area contributed by atoms with Crippen LogP contribution in [0.1, 0.15) is 30.8 Å². The SMILES string of the molecule is Cc1cc(Sc2nnc3n2CCCCC3)nc(Cl)n1. The van der Waals surface area contributed by atoms with Crippen molar-refractivity contribution in [1.29, 1.82) is 0 Å². The van der Waals surface area contributed by atoms with Crippen molar-refractivity contribution < 1.29 is 0 Å². The van der Waals surface area contributed by atoms with Gasteiger partial charge in [0.1, 0.15) is 10.9 Å². The topological polar surface area (TPSA) is 56.5 Å². The average molecular weight is 296 g/mol. The quantitative estimate of drug-likeness (QED) is 0.630. The van der Waals surface area contributed by atoms with E-state index in [1.54, 1.807) is 0 Å². The molecule has 0 amide bonds. The van der Waals surface area contributed by atoms with Crippen LogP contribution in [0, 0.1) is 6.92 Å². The Morgan fingerprint density at radius 1 is 1.21 bits per heavy atom. The Kier molecular flexibility index (Phi) is 3.70. The standard InChI is InChI=1S/C12H14ClN5S/c1-8-7-10(15-11(13)14-8)19-12-17-16-9-5-3-2-4-6-18(9)12/h7H,2-6H2,1H3. The monoisotopic (exact) mass is 295 g/mol. The Hall–Kier alpha value is -1.14. The Labute approximate surface area is 120 Å². The van der Waals surface area contributed by atoms with Gasteiger partial charge in [0, 0.05) is 18.7 Å². The molecular weight excluding hydrogens is 282 g/mol. The molecule has 0 N–H and O–H groups in total. The summed E-state index contributed by atoms with van der Waals surface area (Å²) in [6, 6.07) is 1.91. The smallest absolute Gasteiger partial charge is 0.223 e. The van der Waals surface area contributed by atoms with E-state index in [9.17, 15) is 0 Å². The molecule has 0 radical (unpaired) electrons. The van der Waals surface area contributed by atoms with Crippen molar-refractivity contribution in [3.63, 3.8) is 0 Å². The maximum Gasteiger partial charge on any atom is 0.223 e. The van der Waals surface area contributed by atoms with Gasteiger partial charge in [0.2, 0.25) is 5.28 Å². The lowest BCUT2D eigenvalue weighted by Gasteiger charge is -2.06. The predicted octanol–water partition coefficient (Wildman–Crippen LogP) is 2.91. The maximum absolute atomic E-state index is 5.88. The molecule has 19 heavy (non-hydrogen) atoms. The first-order chi connectivity index (χ1) is 9.22. The van der Waals surface area contributed by atoms with Crippen LogP contribution >= 0.6 is 23.4 Å². The highest BCUT2D eigenvalue weighted by molar-refractivity contribution is 7.99. The van der Waals surface area contributed by atoms with Crippen molar-refractivity contribution in [3.8, 4) is 0 Å². The molecule has 1 aliphatic rings. The Morgan fingerprint density at radius 3 is 2.95 bits per heavy atom. The van der Waals surface area contributed by atoms with E-state index >= 15 is 0 Å². The molecular formula is C12H14ClN5S. The molecule has 0 spiro atoms. The van der Waals surface area contributed by atoms with Crippen LogP contribution in [-0.2, 0) is 13.0 Å². The van der Waals surface area contributed by atoms with Crippen LogP contribution in [0.3, 0.4) is 0 Å². The van der Waals surface area contributed by atoms with E-state index in [2.05, 4.69) is 24.7 Å². The van der Waals surface area contributed by atoms with Gasteiger partial charge >= 0.3 is 0 Å². The minimum atomic E-state index is 0.276. The van der Waals surface area contributed by atoms with Crippen molar-refractivity contribution in [2.75, 3.05) is 0 Å². The van der Waals surface area contributed by atoms with Gasteiger partial charge in [-0.3, -0.25) is 0 Å². The van der Waals surface area contributed by atoms with Crippen LogP contribution < -0.4 is 0 Å². The number of rotatable bonds is 2. The van der Waals surface area contributed by atoms with Crippen LogP contribution in [0.15, 0.2) is 16.2 Å². The normalized spacial score (nSPS) is 15.1. The van der Waals surface area contributed by atoms with Crippen LogP contribution in [0.2, 0.25) is 5.28 Å². The van der Waals surface area contributed by atoms with Gasteiger partial charge in [0.05, 0.1) is 0 Å². The average Bonchev–Trinajstić information content (AvgIpc) is 2.59. The van der Waals surface area contributed by atoms with Gasteiger partial charge < -0.3 is 4.57 Å². The summed E-state index contributed by atoms with van der Waals surface area (Å²) in [5, 5.41) is 10.5. The maximum atomic E-state index is 5.88. The number of fused-ring (bicyclic) bond motifs is 1. The lowest BCUT2D eigenvalue weighted by molar-refractivity contribution is 0.590. The molecule has 100 valence electrons. The summed E-state index contributed by atoms with van der Waals surface area (Å²) in [5.41, 5.74) is 0.859. The molecule has 0 aliphatic carbocycles. The zero-order chi connectivity index (χ0) is 13.2. The summed E-state index contributed by atoms with van der Waals surface area (Å²) in [7, 11) is 0. The lowest BCUT2D eigenvalue weighted by atomic mass is 10.2. The van der Waals surface area contributed by atoms with E-state index in [0.29, 0.717) is 0 Å². The molecule has 2 aromatic rings. The summed E-state index contributed by atoms with van der Waals surface area (Å²) in [4.78, 5) is 8.28. The third kappa shape index (κ3) is 2.90. The van der Waals surface area contributed by atoms with Crippen molar-refractivity contribution >= 4 is 23.4 Å². The molecule has 2 aromatic heterocycles. The summed E-state index contributed by atoms with van der Waals surface area (Å²) in [6.45, 7) is 2.89. The molecule has 0 atom stereocenters. The molecule has 7 heteroatoms. The Bertz CT molecular complexity index is 578. The number of hydrogen-bond donors (Lipinski definition) is 0. The van der Waals surface area contributed by atoms with E-state index < -0.39 is 0 Å². The van der Waals surface area contributed by atoms with Crippen LogP contribution in [0.25, 0.3) is 0 Å². The van der Waals surface area contributed by atoms with Gasteiger partial charge in [0.15, 0.2) is 5.16 Å². The zero-order valence-corrected chi connectivity index (χ0v) is 12.2. The second kappa shape index (κ2) is 5.46. The number of aryl methyl sites for hydroxylation is 2. The summed E-state index contributed by atoms with van der Waals surface area (Å²) < 4.78 is 2.20. The lowest BCUT2D eigenvalue weighted by Crippen LogP contribution is -2.02. The van der Waals surface area contributed by atoms with E-state index in [1.807, 2.05) is 13.0 Å². The van der Waals surface area contributed by atoms with E-state index in [4.69, 9.17) is 11.6 Å². The van der Waals surface area contributed by atoms with Crippen LogP contribution in [0.5, 0.6) is 0 Å². The summed E-state index contributed by atoms with van der Waals surface area (Å²) in [6.07, 6.45) is 4.65. The molecule has 0 unspecified atom stereocenters. The molecule has 0 aromatic carbocycles. The third-order valence-electron chi connectivity index (χ3n) is 3.07. The molecule has 3 heterocycles. The van der Waals surface area contributed by atoms with E-state index in [-0.39, 0.29) is 5.28 Å². The van der Waals surface area contributed by atoms with Crippen molar-refractivity contribution in [3.05, 3.63) is 22.9 Å². The largest absolute Gasteiger partial charge is 0.306 e.